The molecule has 4 nitrogen and oxygen atoms in total. The van der Waals surface area contributed by atoms with Gasteiger partial charge in [0.1, 0.15) is 11.5 Å². The summed E-state index contributed by atoms with van der Waals surface area (Å²) in [4.78, 5) is 4.10. The van der Waals surface area contributed by atoms with E-state index in [-0.39, 0.29) is 6.04 Å². The van der Waals surface area contributed by atoms with E-state index in [1.165, 1.54) is 5.56 Å². The molecule has 0 amide bonds. The van der Waals surface area contributed by atoms with Crippen molar-refractivity contribution >= 4 is 0 Å². The number of hydrogen-bond donors (Lipinski definition) is 1. The molecule has 0 aliphatic heterocycles. The van der Waals surface area contributed by atoms with E-state index in [4.69, 9.17) is 9.47 Å². The second-order valence-electron chi connectivity index (χ2n) is 4.58. The average molecular weight is 272 g/mol. The summed E-state index contributed by atoms with van der Waals surface area (Å²) in [7, 11) is 5.26. The Labute approximate surface area is 119 Å². The number of aryl methyl sites for hydroxylation is 1. The monoisotopic (exact) mass is 272 g/mol. The molecule has 0 radical (unpaired) electrons. The van der Waals surface area contributed by atoms with Crippen LogP contribution in [0.15, 0.2) is 36.7 Å². The Hall–Kier alpha value is -2.07. The molecule has 0 aliphatic carbocycles. The Kier molecular flexibility index (Phi) is 4.58. The first-order valence-electron chi connectivity index (χ1n) is 6.51. The molecule has 1 aromatic heterocycles. The van der Waals surface area contributed by atoms with E-state index in [1.54, 1.807) is 26.6 Å². The van der Waals surface area contributed by atoms with Gasteiger partial charge in [0.25, 0.3) is 0 Å². The maximum atomic E-state index is 5.48. The van der Waals surface area contributed by atoms with Crippen molar-refractivity contribution in [3.63, 3.8) is 0 Å². The van der Waals surface area contributed by atoms with Crippen LogP contribution in [-0.4, -0.2) is 26.3 Å². The topological polar surface area (TPSA) is 43.4 Å². The van der Waals surface area contributed by atoms with Crippen LogP contribution in [0.25, 0.3) is 0 Å². The van der Waals surface area contributed by atoms with E-state index in [2.05, 4.69) is 23.3 Å². The number of nitrogens with one attached hydrogen (secondary N) is 1. The lowest BCUT2D eigenvalue weighted by atomic mass is 9.96. The molecule has 0 spiro atoms. The van der Waals surface area contributed by atoms with Crippen LogP contribution in [0.3, 0.4) is 0 Å². The Morgan fingerprint density at radius 2 is 1.80 bits per heavy atom. The first-order chi connectivity index (χ1) is 9.71. The number of methoxy groups -OCH3 is 2. The van der Waals surface area contributed by atoms with Gasteiger partial charge < -0.3 is 14.8 Å². The van der Waals surface area contributed by atoms with Crippen molar-refractivity contribution in [2.24, 2.45) is 0 Å². The molecule has 1 N–H and O–H groups in total. The molecule has 1 atom stereocenters. The Morgan fingerprint density at radius 3 is 2.45 bits per heavy atom. The summed E-state index contributed by atoms with van der Waals surface area (Å²) in [5, 5.41) is 3.32. The molecule has 2 aromatic rings. The molecule has 0 aliphatic rings. The number of rotatable bonds is 5. The van der Waals surface area contributed by atoms with Gasteiger partial charge in [-0.2, -0.15) is 0 Å². The van der Waals surface area contributed by atoms with Crippen LogP contribution in [-0.2, 0) is 0 Å². The van der Waals surface area contributed by atoms with Gasteiger partial charge in [0.15, 0.2) is 0 Å². The Morgan fingerprint density at radius 1 is 1.05 bits per heavy atom. The minimum atomic E-state index is -0.0113. The van der Waals surface area contributed by atoms with Gasteiger partial charge in [-0.3, -0.25) is 4.98 Å². The molecular weight excluding hydrogens is 252 g/mol. The second-order valence-corrected chi connectivity index (χ2v) is 4.58. The summed E-state index contributed by atoms with van der Waals surface area (Å²) in [6.45, 7) is 2.07. The van der Waals surface area contributed by atoms with Crippen molar-refractivity contribution in [1.82, 2.24) is 10.3 Å². The maximum absolute atomic E-state index is 5.48. The molecule has 4 heteroatoms. The van der Waals surface area contributed by atoms with Crippen LogP contribution in [0.2, 0.25) is 0 Å². The Bertz CT molecular complexity index is 584. The highest BCUT2D eigenvalue weighted by molar-refractivity contribution is 5.47. The number of hydrogen-bond acceptors (Lipinski definition) is 4. The number of ether oxygens (including phenoxy) is 2. The summed E-state index contributed by atoms with van der Waals surface area (Å²) in [6, 6.07) is 8.10. The zero-order chi connectivity index (χ0) is 14.5. The number of nitrogens with zero attached hydrogens (tertiary/aromatic N) is 1. The van der Waals surface area contributed by atoms with E-state index >= 15 is 0 Å². The predicted molar refractivity (Wildman–Crippen MR) is 79.4 cm³/mol. The van der Waals surface area contributed by atoms with E-state index in [9.17, 15) is 0 Å². The van der Waals surface area contributed by atoms with E-state index in [0.29, 0.717) is 0 Å². The van der Waals surface area contributed by atoms with Gasteiger partial charge in [-0.25, -0.2) is 0 Å². The van der Waals surface area contributed by atoms with Crippen molar-refractivity contribution in [2.75, 3.05) is 21.3 Å². The third-order valence-corrected chi connectivity index (χ3v) is 3.33. The van der Waals surface area contributed by atoms with Crippen LogP contribution in [0.5, 0.6) is 11.5 Å². The summed E-state index contributed by atoms with van der Waals surface area (Å²) < 4.78 is 10.9. The summed E-state index contributed by atoms with van der Waals surface area (Å²) in [5.74, 6) is 1.62. The van der Waals surface area contributed by atoms with Gasteiger partial charge in [-0.15, -0.1) is 0 Å². The van der Waals surface area contributed by atoms with Crippen LogP contribution >= 0.6 is 0 Å². The quantitative estimate of drug-likeness (QED) is 0.909. The molecule has 0 bridgehead atoms. The second kappa shape index (κ2) is 6.39. The SMILES string of the molecule is CNC(c1ccncc1OC)c1cc(C)ccc1OC. The molecule has 2 rings (SSSR count). The molecule has 1 aromatic carbocycles. The molecule has 1 unspecified atom stereocenters. The lowest BCUT2D eigenvalue weighted by molar-refractivity contribution is 0.394. The standard InChI is InChI=1S/C16H20N2O2/c1-11-5-6-14(19-3)13(9-11)16(17-2)12-7-8-18-10-15(12)20-4/h5-10,16-17H,1-4H3. The fourth-order valence-corrected chi connectivity index (χ4v) is 2.36. The number of pyridine rings is 1. The molecule has 0 fully saturated rings. The summed E-state index contributed by atoms with van der Waals surface area (Å²) in [6.07, 6.45) is 3.49. The van der Waals surface area contributed by atoms with Gasteiger partial charge in [0, 0.05) is 17.3 Å². The smallest absolute Gasteiger partial charge is 0.142 e. The summed E-state index contributed by atoms with van der Waals surface area (Å²) in [5.41, 5.74) is 3.31. The minimum Gasteiger partial charge on any atom is -0.496 e. The third-order valence-electron chi connectivity index (χ3n) is 3.33. The highest BCUT2D eigenvalue weighted by Gasteiger charge is 2.20. The van der Waals surface area contributed by atoms with Crippen molar-refractivity contribution in [1.29, 1.82) is 0 Å². The van der Waals surface area contributed by atoms with Gasteiger partial charge in [-0.05, 0) is 26.1 Å². The van der Waals surface area contributed by atoms with Gasteiger partial charge in [0.05, 0.1) is 26.5 Å². The van der Waals surface area contributed by atoms with Crippen LogP contribution in [0.1, 0.15) is 22.7 Å². The van der Waals surface area contributed by atoms with Crippen molar-refractivity contribution in [3.05, 3.63) is 53.3 Å². The average Bonchev–Trinajstić information content (AvgIpc) is 2.49. The van der Waals surface area contributed by atoms with Crippen molar-refractivity contribution in [3.8, 4) is 11.5 Å². The fourth-order valence-electron chi connectivity index (χ4n) is 2.36. The number of benzene rings is 1. The Balaban J connectivity index is 2.55. The molecular formula is C16H20N2O2. The zero-order valence-electron chi connectivity index (χ0n) is 12.3. The highest BCUT2D eigenvalue weighted by Crippen LogP contribution is 2.34. The predicted octanol–water partition coefficient (Wildman–Crippen LogP) is 2.72. The molecule has 106 valence electrons. The molecule has 0 saturated carbocycles. The number of aromatic nitrogens is 1. The normalized spacial score (nSPS) is 12.0. The van der Waals surface area contributed by atoms with Crippen molar-refractivity contribution < 1.29 is 9.47 Å². The minimum absolute atomic E-state index is 0.0113. The fraction of sp³-hybridized carbons (Fsp3) is 0.312. The van der Waals surface area contributed by atoms with Gasteiger partial charge in [-0.1, -0.05) is 17.7 Å². The lowest BCUT2D eigenvalue weighted by Gasteiger charge is -2.22. The largest absolute Gasteiger partial charge is 0.496 e. The molecule has 1 heterocycles. The van der Waals surface area contributed by atoms with Crippen LogP contribution < -0.4 is 14.8 Å². The molecule has 20 heavy (non-hydrogen) atoms. The highest BCUT2D eigenvalue weighted by atomic mass is 16.5. The first kappa shape index (κ1) is 14.3. The zero-order valence-corrected chi connectivity index (χ0v) is 12.3. The summed E-state index contributed by atoms with van der Waals surface area (Å²) >= 11 is 0. The van der Waals surface area contributed by atoms with Crippen LogP contribution in [0, 0.1) is 6.92 Å². The van der Waals surface area contributed by atoms with Gasteiger partial charge in [0.2, 0.25) is 0 Å². The lowest BCUT2D eigenvalue weighted by Crippen LogP contribution is -2.19. The van der Waals surface area contributed by atoms with Crippen LogP contribution in [0.4, 0.5) is 0 Å². The maximum Gasteiger partial charge on any atom is 0.142 e. The first-order valence-corrected chi connectivity index (χ1v) is 6.51. The van der Waals surface area contributed by atoms with E-state index < -0.39 is 0 Å². The molecule has 0 saturated heterocycles. The van der Waals surface area contributed by atoms with E-state index in [1.807, 2.05) is 25.2 Å². The van der Waals surface area contributed by atoms with Crippen molar-refractivity contribution in [2.45, 2.75) is 13.0 Å². The van der Waals surface area contributed by atoms with Gasteiger partial charge >= 0.3 is 0 Å². The third kappa shape index (κ3) is 2.75. The van der Waals surface area contributed by atoms with E-state index in [0.717, 1.165) is 22.6 Å².